The summed E-state index contributed by atoms with van der Waals surface area (Å²) in [4.78, 5) is 4.41. The summed E-state index contributed by atoms with van der Waals surface area (Å²) in [7, 11) is 0. The van der Waals surface area contributed by atoms with Crippen molar-refractivity contribution < 1.29 is 0 Å². The minimum Gasteiger partial charge on any atom is -0.382 e. The number of nitrogens with two attached hydrogens (primary N) is 1. The van der Waals surface area contributed by atoms with Crippen LogP contribution < -0.4 is 5.73 Å². The average molecular weight is 241 g/mol. The Hall–Kier alpha value is -1.90. The van der Waals surface area contributed by atoms with Crippen LogP contribution in [0.5, 0.6) is 0 Å². The van der Waals surface area contributed by atoms with E-state index < -0.39 is 0 Å². The van der Waals surface area contributed by atoms with Gasteiger partial charge in [0.2, 0.25) is 0 Å². The quantitative estimate of drug-likeness (QED) is 0.638. The van der Waals surface area contributed by atoms with E-state index in [0.29, 0.717) is 5.69 Å². The van der Waals surface area contributed by atoms with E-state index in [1.54, 1.807) is 0 Å². The highest BCUT2D eigenvalue weighted by Gasteiger charge is 2.05. The summed E-state index contributed by atoms with van der Waals surface area (Å²) < 4.78 is 0. The Morgan fingerprint density at radius 3 is 2.78 bits per heavy atom. The molecule has 1 heterocycles. The van der Waals surface area contributed by atoms with Crippen molar-refractivity contribution in [1.29, 1.82) is 5.41 Å². The van der Waals surface area contributed by atoms with Gasteiger partial charge in [0.25, 0.3) is 0 Å². The normalized spacial score (nSPS) is 10.8. The summed E-state index contributed by atoms with van der Waals surface area (Å²) in [6.07, 6.45) is 3.53. The number of hydrogen-bond acceptors (Lipinski definition) is 2. The van der Waals surface area contributed by atoms with Gasteiger partial charge in [-0.25, -0.2) is 4.98 Å². The van der Waals surface area contributed by atoms with Gasteiger partial charge in [0.1, 0.15) is 11.5 Å². The smallest absolute Gasteiger partial charge is 0.141 e. The maximum absolute atomic E-state index is 7.46. The molecule has 94 valence electrons. The molecular weight excluding hydrogens is 222 g/mol. The molecule has 0 saturated heterocycles. The zero-order valence-electron chi connectivity index (χ0n) is 11.0. The third kappa shape index (κ3) is 2.50. The van der Waals surface area contributed by atoms with Gasteiger partial charge in [-0.3, -0.25) is 5.41 Å². The molecule has 1 aromatic carbocycles. The van der Waals surface area contributed by atoms with Crippen LogP contribution in [0, 0.1) is 12.3 Å². The number of benzene rings is 1. The van der Waals surface area contributed by atoms with Crippen LogP contribution in [0.1, 0.15) is 36.6 Å². The Morgan fingerprint density at radius 1 is 1.33 bits per heavy atom. The first kappa shape index (κ1) is 12.6. The van der Waals surface area contributed by atoms with Gasteiger partial charge in [-0.05, 0) is 49.1 Å². The van der Waals surface area contributed by atoms with E-state index in [1.165, 1.54) is 18.4 Å². The van der Waals surface area contributed by atoms with Crippen LogP contribution in [0.4, 0.5) is 0 Å². The molecule has 0 bridgehead atoms. The maximum Gasteiger partial charge on any atom is 0.141 e. The van der Waals surface area contributed by atoms with E-state index >= 15 is 0 Å². The molecule has 0 aliphatic rings. The molecule has 0 aliphatic carbocycles. The molecule has 3 nitrogen and oxygen atoms in total. The summed E-state index contributed by atoms with van der Waals surface area (Å²) in [5.74, 6) is 0.0232. The molecule has 0 saturated carbocycles. The number of amidine groups is 1. The average Bonchev–Trinajstić information content (AvgIpc) is 2.36. The summed E-state index contributed by atoms with van der Waals surface area (Å²) in [5, 5.41) is 8.62. The van der Waals surface area contributed by atoms with Crippen molar-refractivity contribution >= 4 is 16.7 Å². The van der Waals surface area contributed by atoms with Crippen molar-refractivity contribution in [3.05, 3.63) is 41.1 Å². The van der Waals surface area contributed by atoms with Gasteiger partial charge < -0.3 is 5.73 Å². The van der Waals surface area contributed by atoms with Gasteiger partial charge in [0, 0.05) is 5.39 Å². The SMILES string of the molecule is CCCCc1ccc2nc(C(=N)N)cc(C)c2c1. The molecule has 1 aromatic heterocycles. The Morgan fingerprint density at radius 2 is 2.11 bits per heavy atom. The second kappa shape index (κ2) is 5.17. The number of nitrogens with one attached hydrogen (secondary N) is 1. The van der Waals surface area contributed by atoms with E-state index in [-0.39, 0.29) is 5.84 Å². The summed E-state index contributed by atoms with van der Waals surface area (Å²) >= 11 is 0. The number of pyridine rings is 1. The molecule has 0 radical (unpaired) electrons. The number of aryl methyl sites for hydroxylation is 2. The van der Waals surface area contributed by atoms with Crippen molar-refractivity contribution in [3.8, 4) is 0 Å². The minimum atomic E-state index is 0.0232. The van der Waals surface area contributed by atoms with Gasteiger partial charge in [0.05, 0.1) is 5.52 Å². The third-order valence-corrected chi connectivity index (χ3v) is 3.17. The maximum atomic E-state index is 7.46. The number of aromatic nitrogens is 1. The predicted octanol–water partition coefficient (Wildman–Crippen LogP) is 3.17. The molecule has 0 amide bonds. The minimum absolute atomic E-state index is 0.0232. The largest absolute Gasteiger partial charge is 0.382 e. The Balaban J connectivity index is 2.47. The number of rotatable bonds is 4. The van der Waals surface area contributed by atoms with E-state index in [2.05, 4.69) is 24.0 Å². The fourth-order valence-corrected chi connectivity index (χ4v) is 2.12. The number of nitrogens with zero attached hydrogens (tertiary/aromatic N) is 1. The van der Waals surface area contributed by atoms with E-state index in [1.807, 2.05) is 19.1 Å². The molecule has 0 fully saturated rings. The van der Waals surface area contributed by atoms with Crippen LogP contribution in [-0.4, -0.2) is 10.8 Å². The molecule has 3 heteroatoms. The molecule has 3 N–H and O–H groups in total. The van der Waals surface area contributed by atoms with Gasteiger partial charge in [0.15, 0.2) is 0 Å². The molecular formula is C15H19N3. The van der Waals surface area contributed by atoms with E-state index in [0.717, 1.165) is 22.9 Å². The van der Waals surface area contributed by atoms with Gasteiger partial charge >= 0.3 is 0 Å². The lowest BCUT2D eigenvalue weighted by atomic mass is 10.0. The highest BCUT2D eigenvalue weighted by molar-refractivity contribution is 5.96. The van der Waals surface area contributed by atoms with E-state index in [9.17, 15) is 0 Å². The Bertz CT molecular complexity index is 588. The highest BCUT2D eigenvalue weighted by Crippen LogP contribution is 2.20. The van der Waals surface area contributed by atoms with Gasteiger partial charge in [-0.2, -0.15) is 0 Å². The van der Waals surface area contributed by atoms with Crippen molar-refractivity contribution in [1.82, 2.24) is 4.98 Å². The summed E-state index contributed by atoms with van der Waals surface area (Å²) in [5.41, 5.74) is 9.44. The lowest BCUT2D eigenvalue weighted by Crippen LogP contribution is -2.13. The second-order valence-electron chi connectivity index (χ2n) is 4.69. The molecule has 0 spiro atoms. The highest BCUT2D eigenvalue weighted by atomic mass is 14.8. The van der Waals surface area contributed by atoms with Crippen molar-refractivity contribution in [3.63, 3.8) is 0 Å². The van der Waals surface area contributed by atoms with Crippen LogP contribution in [0.2, 0.25) is 0 Å². The molecule has 18 heavy (non-hydrogen) atoms. The molecule has 0 atom stereocenters. The van der Waals surface area contributed by atoms with Gasteiger partial charge in [-0.1, -0.05) is 19.4 Å². The molecule has 0 unspecified atom stereocenters. The standard InChI is InChI=1S/C15H19N3/c1-3-4-5-11-6-7-13-12(9-11)10(2)8-14(18-13)15(16)17/h6-9H,3-5H2,1-2H3,(H3,16,17). The first-order chi connectivity index (χ1) is 8.61. The first-order valence-electron chi connectivity index (χ1n) is 6.36. The van der Waals surface area contributed by atoms with Crippen LogP contribution >= 0.6 is 0 Å². The van der Waals surface area contributed by atoms with Gasteiger partial charge in [-0.15, -0.1) is 0 Å². The van der Waals surface area contributed by atoms with Crippen LogP contribution in [0.3, 0.4) is 0 Å². The van der Waals surface area contributed by atoms with Crippen molar-refractivity contribution in [2.24, 2.45) is 5.73 Å². The summed E-state index contributed by atoms with van der Waals surface area (Å²) in [6, 6.07) is 8.24. The molecule has 2 aromatic rings. The zero-order valence-corrected chi connectivity index (χ0v) is 11.0. The molecule has 2 rings (SSSR count). The van der Waals surface area contributed by atoms with Crippen LogP contribution in [0.25, 0.3) is 10.9 Å². The number of fused-ring (bicyclic) bond motifs is 1. The lowest BCUT2D eigenvalue weighted by molar-refractivity contribution is 0.796. The van der Waals surface area contributed by atoms with Crippen LogP contribution in [-0.2, 0) is 6.42 Å². The number of hydrogen-bond donors (Lipinski definition) is 2. The number of nitrogen functional groups attached to an aromatic ring is 1. The van der Waals surface area contributed by atoms with Crippen molar-refractivity contribution in [2.45, 2.75) is 33.1 Å². The fraction of sp³-hybridized carbons (Fsp3) is 0.333. The van der Waals surface area contributed by atoms with Crippen LogP contribution in [0.15, 0.2) is 24.3 Å². The first-order valence-corrected chi connectivity index (χ1v) is 6.36. The number of unbranched alkanes of at least 4 members (excludes halogenated alkanes) is 1. The van der Waals surface area contributed by atoms with E-state index in [4.69, 9.17) is 11.1 Å². The third-order valence-electron chi connectivity index (χ3n) is 3.17. The molecule has 0 aliphatic heterocycles. The summed E-state index contributed by atoms with van der Waals surface area (Å²) in [6.45, 7) is 4.24. The Kier molecular flexibility index (Phi) is 3.60. The zero-order chi connectivity index (χ0) is 13.1. The fourth-order valence-electron chi connectivity index (χ4n) is 2.12. The predicted molar refractivity (Wildman–Crippen MR) is 76.1 cm³/mol. The van der Waals surface area contributed by atoms with Crippen molar-refractivity contribution in [2.75, 3.05) is 0 Å². The monoisotopic (exact) mass is 241 g/mol. The Labute approximate surface area is 108 Å². The second-order valence-corrected chi connectivity index (χ2v) is 4.69. The topological polar surface area (TPSA) is 62.8 Å². The lowest BCUT2D eigenvalue weighted by Gasteiger charge is -2.07.